The zero-order valence-electron chi connectivity index (χ0n) is 17.8. The molecule has 1 amide bonds. The Morgan fingerprint density at radius 1 is 1.22 bits per heavy atom. The van der Waals surface area contributed by atoms with Gasteiger partial charge in [0.2, 0.25) is 5.91 Å². The first-order valence-corrected chi connectivity index (χ1v) is 10.1. The summed E-state index contributed by atoms with van der Waals surface area (Å²) >= 11 is 0. The predicted octanol–water partition coefficient (Wildman–Crippen LogP) is 3.33. The van der Waals surface area contributed by atoms with E-state index in [1.807, 2.05) is 11.8 Å². The lowest BCUT2D eigenvalue weighted by Gasteiger charge is -2.59. The van der Waals surface area contributed by atoms with Crippen LogP contribution in [0.2, 0.25) is 0 Å². The van der Waals surface area contributed by atoms with Crippen LogP contribution in [0.25, 0.3) is 0 Å². The molecule has 1 saturated heterocycles. The smallest absolute Gasteiger partial charge is 0.243 e. The number of halogens is 2. The molecular formula is C20H41Cl2N3O2. The van der Waals surface area contributed by atoms with E-state index in [9.17, 15) is 4.79 Å². The highest BCUT2D eigenvalue weighted by atomic mass is 35.5. The molecule has 162 valence electrons. The number of likely N-dealkylation sites (tertiary alicyclic amines) is 1. The van der Waals surface area contributed by atoms with Crippen molar-refractivity contribution in [2.75, 3.05) is 39.8 Å². The van der Waals surface area contributed by atoms with Gasteiger partial charge in [-0.25, -0.2) is 0 Å². The molecule has 5 nitrogen and oxygen atoms in total. The van der Waals surface area contributed by atoms with Gasteiger partial charge < -0.3 is 20.3 Å². The van der Waals surface area contributed by atoms with E-state index in [0.717, 1.165) is 32.5 Å². The minimum Gasteiger partial charge on any atom is -0.378 e. The first kappa shape index (κ1) is 26.9. The van der Waals surface area contributed by atoms with Gasteiger partial charge in [0.15, 0.2) is 0 Å². The maximum Gasteiger partial charge on any atom is 0.243 e. The molecule has 0 aromatic heterocycles. The Morgan fingerprint density at radius 3 is 2.30 bits per heavy atom. The summed E-state index contributed by atoms with van der Waals surface area (Å²) in [5.74, 6) is 0.830. The number of amides is 1. The van der Waals surface area contributed by atoms with Crippen LogP contribution in [-0.2, 0) is 9.53 Å². The number of hydrogen-bond acceptors (Lipinski definition) is 4. The lowest BCUT2D eigenvalue weighted by atomic mass is 9.54. The predicted molar refractivity (Wildman–Crippen MR) is 117 cm³/mol. The Hall–Kier alpha value is -0.0700. The minimum absolute atomic E-state index is 0. The van der Waals surface area contributed by atoms with E-state index in [2.05, 4.69) is 32.7 Å². The van der Waals surface area contributed by atoms with Crippen LogP contribution in [0.5, 0.6) is 0 Å². The summed E-state index contributed by atoms with van der Waals surface area (Å²) in [6, 6.07) is 0. The largest absolute Gasteiger partial charge is 0.378 e. The van der Waals surface area contributed by atoms with Crippen LogP contribution < -0.4 is 5.73 Å². The number of piperidine rings is 1. The molecule has 1 saturated carbocycles. The summed E-state index contributed by atoms with van der Waals surface area (Å²) < 4.78 is 5.76. The molecule has 2 atom stereocenters. The van der Waals surface area contributed by atoms with Crippen LogP contribution in [0, 0.1) is 11.3 Å². The van der Waals surface area contributed by atoms with Gasteiger partial charge in [0, 0.05) is 38.1 Å². The maximum absolute atomic E-state index is 13.1. The van der Waals surface area contributed by atoms with Gasteiger partial charge >= 0.3 is 0 Å². The standard InChI is InChI=1S/C20H39N3O2.2ClH/c1-6-8-11-22(5)15-16-9-12-23(13-10-16)18(24)20(21)14-17(25-7-2)19(20,3)4;;/h16-17H,6-15,21H2,1-5H3;2*1H. The molecule has 2 fully saturated rings. The first-order chi connectivity index (χ1) is 11.8. The number of carbonyl (C=O) groups is 1. The first-order valence-electron chi connectivity index (χ1n) is 10.1. The third-order valence-corrected chi connectivity index (χ3v) is 6.58. The SMILES string of the molecule is CCCCN(C)CC1CCN(C(=O)C2(N)CC(OCC)C2(C)C)CC1.Cl.Cl. The molecule has 2 N–H and O–H groups in total. The molecule has 0 radical (unpaired) electrons. The number of hydrogen-bond donors (Lipinski definition) is 1. The second-order valence-corrected chi connectivity index (χ2v) is 8.69. The zero-order chi connectivity index (χ0) is 18.7. The van der Waals surface area contributed by atoms with Crippen LogP contribution in [0.15, 0.2) is 0 Å². The van der Waals surface area contributed by atoms with Gasteiger partial charge in [-0.2, -0.15) is 0 Å². The normalized spacial score (nSPS) is 27.5. The average Bonchev–Trinajstić information content (AvgIpc) is 2.59. The molecule has 1 heterocycles. The molecule has 0 bridgehead atoms. The number of ether oxygens (including phenoxy) is 1. The van der Waals surface area contributed by atoms with Gasteiger partial charge in [0.1, 0.15) is 5.54 Å². The number of nitrogens with two attached hydrogens (primary N) is 1. The highest BCUT2D eigenvalue weighted by Crippen LogP contribution is 2.50. The Bertz CT molecular complexity index is 457. The van der Waals surface area contributed by atoms with E-state index in [1.165, 1.54) is 19.4 Å². The lowest BCUT2D eigenvalue weighted by Crippen LogP contribution is -2.76. The van der Waals surface area contributed by atoms with E-state index in [4.69, 9.17) is 10.5 Å². The van der Waals surface area contributed by atoms with Crippen LogP contribution >= 0.6 is 24.8 Å². The van der Waals surface area contributed by atoms with Gasteiger partial charge in [0.05, 0.1) is 6.10 Å². The van der Waals surface area contributed by atoms with Crippen LogP contribution in [0.4, 0.5) is 0 Å². The van der Waals surface area contributed by atoms with Crippen molar-refractivity contribution in [1.29, 1.82) is 0 Å². The zero-order valence-corrected chi connectivity index (χ0v) is 19.5. The van der Waals surface area contributed by atoms with E-state index in [0.29, 0.717) is 18.9 Å². The Kier molecular flexibility index (Phi) is 11.2. The number of unbranched alkanes of at least 4 members (excludes halogenated alkanes) is 1. The fourth-order valence-corrected chi connectivity index (χ4v) is 4.36. The van der Waals surface area contributed by atoms with Gasteiger partial charge in [0.25, 0.3) is 0 Å². The molecule has 0 aromatic carbocycles. The van der Waals surface area contributed by atoms with Crippen molar-refractivity contribution in [3.8, 4) is 0 Å². The van der Waals surface area contributed by atoms with Crippen LogP contribution in [0.3, 0.4) is 0 Å². The topological polar surface area (TPSA) is 58.8 Å². The quantitative estimate of drug-likeness (QED) is 0.647. The lowest BCUT2D eigenvalue weighted by molar-refractivity contribution is -0.180. The molecule has 7 heteroatoms. The average molecular weight is 426 g/mol. The molecule has 2 unspecified atom stereocenters. The van der Waals surface area contributed by atoms with Gasteiger partial charge in [-0.15, -0.1) is 24.8 Å². The highest BCUT2D eigenvalue weighted by Gasteiger charge is 2.63. The van der Waals surface area contributed by atoms with E-state index in [-0.39, 0.29) is 42.2 Å². The summed E-state index contributed by atoms with van der Waals surface area (Å²) in [5, 5.41) is 0. The van der Waals surface area contributed by atoms with Crippen molar-refractivity contribution in [3.63, 3.8) is 0 Å². The Labute approximate surface area is 178 Å². The van der Waals surface area contributed by atoms with Crippen molar-refractivity contribution in [1.82, 2.24) is 9.80 Å². The molecular weight excluding hydrogens is 385 g/mol. The Balaban J connectivity index is 0.00000338. The molecule has 1 aliphatic carbocycles. The highest BCUT2D eigenvalue weighted by molar-refractivity contribution is 5.89. The number of rotatable bonds is 8. The van der Waals surface area contributed by atoms with Crippen molar-refractivity contribution >= 4 is 30.7 Å². The van der Waals surface area contributed by atoms with Crippen molar-refractivity contribution < 1.29 is 9.53 Å². The molecule has 2 rings (SSSR count). The van der Waals surface area contributed by atoms with Crippen molar-refractivity contribution in [2.24, 2.45) is 17.1 Å². The van der Waals surface area contributed by atoms with Crippen LogP contribution in [-0.4, -0.2) is 67.2 Å². The van der Waals surface area contributed by atoms with E-state index >= 15 is 0 Å². The third kappa shape index (κ3) is 5.72. The summed E-state index contributed by atoms with van der Waals surface area (Å²) in [4.78, 5) is 17.5. The minimum atomic E-state index is -0.766. The maximum atomic E-state index is 13.1. The van der Waals surface area contributed by atoms with Crippen LogP contribution in [0.1, 0.15) is 59.8 Å². The van der Waals surface area contributed by atoms with Gasteiger partial charge in [-0.1, -0.05) is 27.2 Å². The number of nitrogens with zero attached hydrogens (tertiary/aromatic N) is 2. The summed E-state index contributed by atoms with van der Waals surface area (Å²) in [6.07, 6.45) is 5.43. The molecule has 0 spiro atoms. The summed E-state index contributed by atoms with van der Waals surface area (Å²) in [6.45, 7) is 13.1. The fraction of sp³-hybridized carbons (Fsp3) is 0.950. The third-order valence-electron chi connectivity index (χ3n) is 6.58. The molecule has 2 aliphatic rings. The molecule has 0 aromatic rings. The van der Waals surface area contributed by atoms with E-state index < -0.39 is 5.54 Å². The molecule has 27 heavy (non-hydrogen) atoms. The Morgan fingerprint density at radius 2 is 1.81 bits per heavy atom. The summed E-state index contributed by atoms with van der Waals surface area (Å²) in [5.41, 5.74) is 5.51. The van der Waals surface area contributed by atoms with Crippen molar-refractivity contribution in [3.05, 3.63) is 0 Å². The second kappa shape index (κ2) is 11.2. The monoisotopic (exact) mass is 425 g/mol. The van der Waals surface area contributed by atoms with Gasteiger partial charge in [-0.05, 0) is 45.7 Å². The number of carbonyl (C=O) groups excluding carboxylic acids is 1. The fourth-order valence-electron chi connectivity index (χ4n) is 4.36. The van der Waals surface area contributed by atoms with Gasteiger partial charge in [-0.3, -0.25) is 4.79 Å². The summed E-state index contributed by atoms with van der Waals surface area (Å²) in [7, 11) is 2.22. The molecule has 1 aliphatic heterocycles. The van der Waals surface area contributed by atoms with Crippen molar-refractivity contribution in [2.45, 2.75) is 71.4 Å². The second-order valence-electron chi connectivity index (χ2n) is 8.69. The van der Waals surface area contributed by atoms with E-state index in [1.54, 1.807) is 0 Å².